The molecule has 1 atom stereocenters. The minimum absolute atomic E-state index is 0.0841. The van der Waals surface area contributed by atoms with E-state index in [0.29, 0.717) is 19.5 Å². The minimum Gasteiger partial charge on any atom is -0.308 e. The van der Waals surface area contributed by atoms with E-state index in [9.17, 15) is 9.59 Å². The molecular weight excluding hydrogens is 264 g/mol. The van der Waals surface area contributed by atoms with Crippen molar-refractivity contribution in [1.82, 2.24) is 9.80 Å². The normalized spacial score (nSPS) is 18.4. The molecule has 1 aliphatic rings. The Balaban J connectivity index is 2.18. The fourth-order valence-electron chi connectivity index (χ4n) is 2.60. The third-order valence-electron chi connectivity index (χ3n) is 3.74. The zero-order chi connectivity index (χ0) is 15.2. The molecule has 1 unspecified atom stereocenters. The Morgan fingerprint density at radius 1 is 1.24 bits per heavy atom. The molecule has 0 saturated carbocycles. The Morgan fingerprint density at radius 2 is 1.95 bits per heavy atom. The second-order valence-corrected chi connectivity index (χ2v) is 5.27. The van der Waals surface area contributed by atoms with Crippen molar-refractivity contribution in [1.29, 1.82) is 0 Å². The number of benzene rings is 1. The van der Waals surface area contributed by atoms with E-state index in [-0.39, 0.29) is 11.9 Å². The minimum atomic E-state index is -0.408. The lowest BCUT2D eigenvalue weighted by Gasteiger charge is -2.20. The monoisotopic (exact) mass is 286 g/mol. The maximum atomic E-state index is 12.5. The molecule has 1 aromatic rings. The summed E-state index contributed by atoms with van der Waals surface area (Å²) in [5.41, 5.74) is 1.06. The first kappa shape index (κ1) is 15.3. The van der Waals surface area contributed by atoms with Gasteiger partial charge in [0.1, 0.15) is 6.04 Å². The summed E-state index contributed by atoms with van der Waals surface area (Å²) < 4.78 is 0. The number of nitrogens with zero attached hydrogens (tertiary/aromatic N) is 2. The average molecular weight is 286 g/mol. The van der Waals surface area contributed by atoms with Gasteiger partial charge in [0.2, 0.25) is 0 Å². The molecule has 0 bridgehead atoms. The molecule has 1 heterocycles. The van der Waals surface area contributed by atoms with Crippen LogP contribution < -0.4 is 0 Å². The van der Waals surface area contributed by atoms with Gasteiger partial charge in [-0.1, -0.05) is 49.8 Å². The number of urea groups is 1. The zero-order valence-electron chi connectivity index (χ0n) is 12.5. The van der Waals surface area contributed by atoms with E-state index in [1.807, 2.05) is 37.3 Å². The summed E-state index contributed by atoms with van der Waals surface area (Å²) in [6, 6.07) is 9.22. The highest BCUT2D eigenvalue weighted by molar-refractivity contribution is 6.04. The smallest absolute Gasteiger partial charge is 0.308 e. The van der Waals surface area contributed by atoms with E-state index in [2.05, 4.69) is 6.58 Å². The van der Waals surface area contributed by atoms with Crippen LogP contribution in [0.25, 0.3) is 0 Å². The standard InChI is InChI=1S/C17H22N2O2/c1-3-5-12-19-16(20)15(18(11-4-2)17(19)21)13-14-9-7-6-8-10-14/h4,6-10,15H,2-3,5,11-13H2,1H3. The van der Waals surface area contributed by atoms with Gasteiger partial charge in [-0.05, 0) is 12.0 Å². The maximum absolute atomic E-state index is 12.5. The maximum Gasteiger partial charge on any atom is 0.327 e. The third kappa shape index (κ3) is 3.32. The Hall–Kier alpha value is -2.10. The number of carbonyl (C=O) groups excluding carboxylic acids is 2. The molecule has 0 radical (unpaired) electrons. The van der Waals surface area contributed by atoms with Crippen molar-refractivity contribution in [2.24, 2.45) is 0 Å². The predicted molar refractivity (Wildman–Crippen MR) is 82.9 cm³/mol. The second-order valence-electron chi connectivity index (χ2n) is 5.27. The predicted octanol–water partition coefficient (Wildman–Crippen LogP) is 2.85. The molecular formula is C17H22N2O2. The molecule has 0 aliphatic carbocycles. The first-order valence-corrected chi connectivity index (χ1v) is 7.45. The highest BCUT2D eigenvalue weighted by atomic mass is 16.2. The summed E-state index contributed by atoms with van der Waals surface area (Å²) >= 11 is 0. The first-order chi connectivity index (χ1) is 10.2. The topological polar surface area (TPSA) is 40.6 Å². The van der Waals surface area contributed by atoms with Crippen LogP contribution in [-0.2, 0) is 11.2 Å². The van der Waals surface area contributed by atoms with Gasteiger partial charge in [0.15, 0.2) is 0 Å². The lowest BCUT2D eigenvalue weighted by atomic mass is 10.0. The van der Waals surface area contributed by atoms with Gasteiger partial charge in [-0.2, -0.15) is 0 Å². The second kappa shape index (κ2) is 7.07. The van der Waals surface area contributed by atoms with Crippen LogP contribution in [0.5, 0.6) is 0 Å². The summed E-state index contributed by atoms with van der Waals surface area (Å²) in [7, 11) is 0. The molecule has 3 amide bonds. The average Bonchev–Trinajstić information content (AvgIpc) is 2.71. The van der Waals surface area contributed by atoms with Crippen LogP contribution in [0.15, 0.2) is 43.0 Å². The van der Waals surface area contributed by atoms with Crippen LogP contribution in [0.2, 0.25) is 0 Å². The molecule has 2 rings (SSSR count). The fourth-order valence-corrected chi connectivity index (χ4v) is 2.60. The molecule has 1 aromatic carbocycles. The van der Waals surface area contributed by atoms with Crippen LogP contribution in [0, 0.1) is 0 Å². The molecule has 21 heavy (non-hydrogen) atoms. The van der Waals surface area contributed by atoms with Crippen molar-refractivity contribution in [3.63, 3.8) is 0 Å². The highest BCUT2D eigenvalue weighted by Gasteiger charge is 2.43. The number of amides is 3. The summed E-state index contributed by atoms with van der Waals surface area (Å²) in [4.78, 5) is 27.9. The van der Waals surface area contributed by atoms with Gasteiger partial charge >= 0.3 is 6.03 Å². The summed E-state index contributed by atoms with van der Waals surface area (Å²) in [6.45, 7) is 6.65. The van der Waals surface area contributed by atoms with Gasteiger partial charge < -0.3 is 4.90 Å². The molecule has 4 nitrogen and oxygen atoms in total. The van der Waals surface area contributed by atoms with Gasteiger partial charge in [0, 0.05) is 19.5 Å². The quantitative estimate of drug-likeness (QED) is 0.571. The number of carbonyl (C=O) groups is 2. The molecule has 0 aromatic heterocycles. The summed E-state index contributed by atoms with van der Waals surface area (Å²) in [6.07, 6.45) is 4.04. The molecule has 1 aliphatic heterocycles. The molecule has 4 heteroatoms. The van der Waals surface area contributed by atoms with Crippen molar-refractivity contribution < 1.29 is 9.59 Å². The Kier molecular flexibility index (Phi) is 5.14. The number of unbranched alkanes of at least 4 members (excludes halogenated alkanes) is 1. The number of hydrogen-bond acceptors (Lipinski definition) is 2. The van der Waals surface area contributed by atoms with Crippen LogP contribution in [0.3, 0.4) is 0 Å². The van der Waals surface area contributed by atoms with Gasteiger partial charge in [-0.25, -0.2) is 4.79 Å². The number of hydrogen-bond donors (Lipinski definition) is 0. The Labute approximate surface area is 126 Å². The van der Waals surface area contributed by atoms with Gasteiger partial charge in [0.05, 0.1) is 0 Å². The highest BCUT2D eigenvalue weighted by Crippen LogP contribution is 2.21. The lowest BCUT2D eigenvalue weighted by molar-refractivity contribution is -0.128. The Bertz CT molecular complexity index is 513. The summed E-state index contributed by atoms with van der Waals surface area (Å²) in [5.74, 6) is -0.0841. The molecule has 0 spiro atoms. The van der Waals surface area contributed by atoms with Crippen LogP contribution in [0.4, 0.5) is 4.79 Å². The van der Waals surface area contributed by atoms with E-state index in [0.717, 1.165) is 18.4 Å². The van der Waals surface area contributed by atoms with Gasteiger partial charge in [-0.3, -0.25) is 9.69 Å². The molecule has 1 saturated heterocycles. The van der Waals surface area contributed by atoms with Crippen molar-refractivity contribution in [3.8, 4) is 0 Å². The van der Waals surface area contributed by atoms with Gasteiger partial charge in [-0.15, -0.1) is 6.58 Å². The molecule has 0 N–H and O–H groups in total. The Morgan fingerprint density at radius 3 is 2.57 bits per heavy atom. The molecule has 112 valence electrons. The van der Waals surface area contributed by atoms with Crippen molar-refractivity contribution >= 4 is 11.9 Å². The fraction of sp³-hybridized carbons (Fsp3) is 0.412. The zero-order valence-corrected chi connectivity index (χ0v) is 12.5. The number of rotatable bonds is 7. The van der Waals surface area contributed by atoms with E-state index in [1.54, 1.807) is 11.0 Å². The van der Waals surface area contributed by atoms with E-state index < -0.39 is 6.04 Å². The SMILES string of the molecule is C=CCN1C(=O)N(CCCC)C(=O)C1Cc1ccccc1. The molecule has 1 fully saturated rings. The third-order valence-corrected chi connectivity index (χ3v) is 3.74. The van der Waals surface area contributed by atoms with Crippen LogP contribution in [-0.4, -0.2) is 40.9 Å². The first-order valence-electron chi connectivity index (χ1n) is 7.45. The lowest BCUT2D eigenvalue weighted by Crippen LogP contribution is -2.36. The van der Waals surface area contributed by atoms with Crippen molar-refractivity contribution in [2.45, 2.75) is 32.2 Å². The van der Waals surface area contributed by atoms with Crippen LogP contribution in [0.1, 0.15) is 25.3 Å². The van der Waals surface area contributed by atoms with E-state index >= 15 is 0 Å². The van der Waals surface area contributed by atoms with E-state index in [4.69, 9.17) is 0 Å². The number of imide groups is 1. The van der Waals surface area contributed by atoms with Crippen LogP contribution >= 0.6 is 0 Å². The van der Waals surface area contributed by atoms with E-state index in [1.165, 1.54) is 4.90 Å². The van der Waals surface area contributed by atoms with Crippen molar-refractivity contribution in [2.75, 3.05) is 13.1 Å². The largest absolute Gasteiger partial charge is 0.327 e. The van der Waals surface area contributed by atoms with Gasteiger partial charge in [0.25, 0.3) is 5.91 Å². The van der Waals surface area contributed by atoms with Crippen molar-refractivity contribution in [3.05, 3.63) is 48.6 Å². The summed E-state index contributed by atoms with van der Waals surface area (Å²) in [5, 5.41) is 0.